The predicted octanol–water partition coefficient (Wildman–Crippen LogP) is 2.51. The Morgan fingerprint density at radius 2 is 1.88 bits per heavy atom. The third-order valence-electron chi connectivity index (χ3n) is 4.91. The Kier molecular flexibility index (Phi) is 6.27. The molecular weight excluding hydrogens is 318 g/mol. The normalized spacial score (nSPS) is 22.5. The van der Waals surface area contributed by atoms with Gasteiger partial charge >= 0.3 is 5.97 Å². The van der Waals surface area contributed by atoms with Crippen molar-refractivity contribution in [2.45, 2.75) is 47.1 Å². The van der Waals surface area contributed by atoms with Crippen LogP contribution in [0.3, 0.4) is 0 Å². The summed E-state index contributed by atoms with van der Waals surface area (Å²) in [6.07, 6.45) is 1.27. The van der Waals surface area contributed by atoms with Crippen molar-refractivity contribution in [3.8, 4) is 0 Å². The summed E-state index contributed by atoms with van der Waals surface area (Å²) in [7, 11) is 1.34. The van der Waals surface area contributed by atoms with E-state index in [9.17, 15) is 9.59 Å². The van der Waals surface area contributed by atoms with Crippen molar-refractivity contribution in [3.05, 3.63) is 22.5 Å². The first kappa shape index (κ1) is 19.5. The number of carbonyl (C=O) groups excluding carboxylic acids is 2. The average molecular weight is 349 g/mol. The molecule has 1 aliphatic heterocycles. The number of methoxy groups -OCH3 is 1. The minimum atomic E-state index is -0.422. The SMILES string of the molecule is COC(=O)c1c(C)[nH]c(C(=O)N[C@H](C)CN2C[C@@H](C)C[C@H](C)C2)c1C. The number of rotatable bonds is 5. The first-order valence-electron chi connectivity index (χ1n) is 9.03. The quantitative estimate of drug-likeness (QED) is 0.801. The number of aryl methyl sites for hydroxylation is 1. The third-order valence-corrected chi connectivity index (χ3v) is 4.91. The van der Waals surface area contributed by atoms with Gasteiger partial charge in [0.2, 0.25) is 0 Å². The zero-order chi connectivity index (χ0) is 18.7. The van der Waals surface area contributed by atoms with E-state index in [1.807, 2.05) is 6.92 Å². The van der Waals surface area contributed by atoms with Crippen molar-refractivity contribution in [2.24, 2.45) is 11.8 Å². The maximum atomic E-state index is 12.6. The molecule has 25 heavy (non-hydrogen) atoms. The topological polar surface area (TPSA) is 74.4 Å². The van der Waals surface area contributed by atoms with Crippen molar-refractivity contribution < 1.29 is 14.3 Å². The highest BCUT2D eigenvalue weighted by atomic mass is 16.5. The smallest absolute Gasteiger partial charge is 0.339 e. The molecular formula is C19H31N3O3. The minimum absolute atomic E-state index is 0.0367. The van der Waals surface area contributed by atoms with E-state index in [-0.39, 0.29) is 11.9 Å². The fourth-order valence-corrected chi connectivity index (χ4v) is 4.06. The first-order valence-corrected chi connectivity index (χ1v) is 9.03. The lowest BCUT2D eigenvalue weighted by molar-refractivity contribution is 0.0599. The number of aromatic amines is 1. The highest BCUT2D eigenvalue weighted by molar-refractivity contribution is 6.00. The first-order chi connectivity index (χ1) is 11.7. The van der Waals surface area contributed by atoms with Crippen molar-refractivity contribution in [1.82, 2.24) is 15.2 Å². The van der Waals surface area contributed by atoms with Gasteiger partial charge in [0.15, 0.2) is 0 Å². The fraction of sp³-hybridized carbons (Fsp3) is 0.684. The molecule has 1 amide bonds. The number of hydrogen-bond acceptors (Lipinski definition) is 4. The number of ether oxygens (including phenoxy) is 1. The van der Waals surface area contributed by atoms with Gasteiger partial charge in [0, 0.05) is 31.4 Å². The second-order valence-electron chi connectivity index (χ2n) is 7.66. The molecule has 2 N–H and O–H groups in total. The van der Waals surface area contributed by atoms with E-state index in [0.717, 1.165) is 19.6 Å². The Labute approximate surface area is 150 Å². The molecule has 1 aliphatic rings. The monoisotopic (exact) mass is 349 g/mol. The molecule has 6 nitrogen and oxygen atoms in total. The number of nitrogens with zero attached hydrogens (tertiary/aromatic N) is 1. The number of piperidine rings is 1. The van der Waals surface area contributed by atoms with E-state index in [1.165, 1.54) is 13.5 Å². The molecule has 0 aliphatic carbocycles. The Bertz CT molecular complexity index is 628. The molecule has 0 unspecified atom stereocenters. The largest absolute Gasteiger partial charge is 0.465 e. The van der Waals surface area contributed by atoms with E-state index < -0.39 is 5.97 Å². The fourth-order valence-electron chi connectivity index (χ4n) is 4.06. The van der Waals surface area contributed by atoms with Gasteiger partial charge in [-0.1, -0.05) is 13.8 Å². The van der Waals surface area contributed by atoms with Gasteiger partial charge in [0.1, 0.15) is 5.69 Å². The maximum absolute atomic E-state index is 12.6. The van der Waals surface area contributed by atoms with Crippen molar-refractivity contribution in [2.75, 3.05) is 26.7 Å². The van der Waals surface area contributed by atoms with Crippen LogP contribution in [0.4, 0.5) is 0 Å². The Balaban J connectivity index is 2.01. The Hall–Kier alpha value is -1.82. The van der Waals surface area contributed by atoms with Crippen molar-refractivity contribution >= 4 is 11.9 Å². The summed E-state index contributed by atoms with van der Waals surface area (Å²) in [4.78, 5) is 29.9. The standard InChI is InChI=1S/C19H31N3O3/c1-11-7-12(2)9-22(8-11)10-13(3)20-18(23)17-14(4)16(15(5)21-17)19(24)25-6/h11-13,21H,7-10H2,1-6H3,(H,20,23)/t11-,12-,13+/m0/s1. The lowest BCUT2D eigenvalue weighted by Gasteiger charge is -2.36. The highest BCUT2D eigenvalue weighted by Gasteiger charge is 2.25. The number of likely N-dealkylation sites (tertiary alicyclic amines) is 1. The van der Waals surface area contributed by atoms with Crippen molar-refractivity contribution in [3.63, 3.8) is 0 Å². The molecule has 2 heterocycles. The van der Waals surface area contributed by atoms with Crippen LogP contribution in [-0.2, 0) is 4.74 Å². The molecule has 3 atom stereocenters. The Morgan fingerprint density at radius 1 is 1.28 bits per heavy atom. The van der Waals surface area contributed by atoms with E-state index in [4.69, 9.17) is 4.74 Å². The molecule has 0 spiro atoms. The number of hydrogen-bond donors (Lipinski definition) is 2. The molecule has 0 bridgehead atoms. The molecule has 140 valence electrons. The number of amides is 1. The summed E-state index contributed by atoms with van der Waals surface area (Å²) in [5, 5.41) is 3.05. The molecule has 0 aromatic carbocycles. The summed E-state index contributed by atoms with van der Waals surface area (Å²) in [5.74, 6) is 0.793. The number of carbonyl (C=O) groups is 2. The van der Waals surface area contributed by atoms with Crippen LogP contribution in [0.1, 0.15) is 59.3 Å². The summed E-state index contributed by atoms with van der Waals surface area (Å²) in [6.45, 7) is 13.1. The molecule has 1 fully saturated rings. The molecule has 0 radical (unpaired) electrons. The minimum Gasteiger partial charge on any atom is -0.465 e. The van der Waals surface area contributed by atoms with Crippen LogP contribution in [0.5, 0.6) is 0 Å². The van der Waals surface area contributed by atoms with Gasteiger partial charge in [-0.25, -0.2) is 4.79 Å². The molecule has 1 aromatic rings. The van der Waals surface area contributed by atoms with E-state index in [2.05, 4.69) is 29.0 Å². The summed E-state index contributed by atoms with van der Waals surface area (Å²) < 4.78 is 4.80. The van der Waals surface area contributed by atoms with Gasteiger partial charge in [-0.15, -0.1) is 0 Å². The lowest BCUT2D eigenvalue weighted by Crippen LogP contribution is -2.47. The van der Waals surface area contributed by atoms with Gasteiger partial charge in [-0.2, -0.15) is 0 Å². The Morgan fingerprint density at radius 3 is 2.44 bits per heavy atom. The zero-order valence-corrected chi connectivity index (χ0v) is 16.2. The van der Waals surface area contributed by atoms with E-state index >= 15 is 0 Å². The summed E-state index contributed by atoms with van der Waals surface area (Å²) in [5.41, 5.74) is 2.17. The van der Waals surface area contributed by atoms with Crippen LogP contribution in [0, 0.1) is 25.7 Å². The molecule has 0 saturated carbocycles. The molecule has 1 aromatic heterocycles. The highest BCUT2D eigenvalue weighted by Crippen LogP contribution is 2.21. The van der Waals surface area contributed by atoms with Gasteiger partial charge in [-0.05, 0) is 44.6 Å². The van der Waals surface area contributed by atoms with Crippen LogP contribution in [-0.4, -0.2) is 54.5 Å². The molecule has 6 heteroatoms. The number of nitrogens with one attached hydrogen (secondary N) is 2. The maximum Gasteiger partial charge on any atom is 0.339 e. The number of esters is 1. The zero-order valence-electron chi connectivity index (χ0n) is 16.2. The second-order valence-corrected chi connectivity index (χ2v) is 7.66. The van der Waals surface area contributed by atoms with Gasteiger partial charge in [0.05, 0.1) is 12.7 Å². The van der Waals surface area contributed by atoms with Gasteiger partial charge in [0.25, 0.3) is 5.91 Å². The van der Waals surface area contributed by atoms with E-state index in [1.54, 1.807) is 13.8 Å². The van der Waals surface area contributed by atoms with Crippen LogP contribution in [0.25, 0.3) is 0 Å². The molecule has 2 rings (SSSR count). The van der Waals surface area contributed by atoms with Crippen LogP contribution < -0.4 is 5.32 Å². The second kappa shape index (κ2) is 8.04. The summed E-state index contributed by atoms with van der Waals surface area (Å²) >= 11 is 0. The third kappa shape index (κ3) is 4.63. The van der Waals surface area contributed by atoms with Crippen molar-refractivity contribution in [1.29, 1.82) is 0 Å². The van der Waals surface area contributed by atoms with Crippen LogP contribution in [0.15, 0.2) is 0 Å². The van der Waals surface area contributed by atoms with Gasteiger partial charge < -0.3 is 19.9 Å². The summed E-state index contributed by atoms with van der Waals surface area (Å²) in [6, 6.07) is 0.0367. The molecule has 1 saturated heterocycles. The van der Waals surface area contributed by atoms with Gasteiger partial charge in [-0.3, -0.25) is 4.79 Å². The van der Waals surface area contributed by atoms with E-state index in [0.29, 0.717) is 34.4 Å². The predicted molar refractivity (Wildman–Crippen MR) is 97.9 cm³/mol. The average Bonchev–Trinajstić information content (AvgIpc) is 2.80. The van der Waals surface area contributed by atoms with Crippen LogP contribution in [0.2, 0.25) is 0 Å². The number of aromatic nitrogens is 1. The van der Waals surface area contributed by atoms with Crippen LogP contribution >= 0.6 is 0 Å². The number of H-pyrrole nitrogens is 1. The lowest BCUT2D eigenvalue weighted by atomic mass is 9.92.